The van der Waals surface area contributed by atoms with Gasteiger partial charge in [-0.15, -0.1) is 0 Å². The fourth-order valence-corrected chi connectivity index (χ4v) is 3.81. The van der Waals surface area contributed by atoms with Crippen LogP contribution in [0.15, 0.2) is 0 Å². The predicted octanol–water partition coefficient (Wildman–Crippen LogP) is 2.32. The van der Waals surface area contributed by atoms with Crippen molar-refractivity contribution in [2.75, 3.05) is 6.54 Å². The molecular weight excluding hydrogens is 256 g/mol. The Morgan fingerprint density at radius 3 is 2.60 bits per heavy atom. The second kappa shape index (κ2) is 6.02. The maximum Gasteiger partial charge on any atom is 0.326 e. The molecule has 1 saturated carbocycles. The van der Waals surface area contributed by atoms with E-state index in [1.807, 2.05) is 6.92 Å². The number of carbonyl (C=O) groups excluding carboxylic acids is 1. The van der Waals surface area contributed by atoms with Crippen LogP contribution in [-0.2, 0) is 4.79 Å². The number of carboxylic acid groups (broad SMARTS) is 1. The van der Waals surface area contributed by atoms with Crippen LogP contribution in [0, 0.1) is 17.8 Å². The Bertz CT molecular complexity index is 383. The van der Waals surface area contributed by atoms with Crippen LogP contribution in [0.25, 0.3) is 0 Å². The third-order valence-corrected chi connectivity index (χ3v) is 4.96. The first-order valence-corrected chi connectivity index (χ1v) is 7.75. The summed E-state index contributed by atoms with van der Waals surface area (Å²) in [5, 5.41) is 12.5. The van der Waals surface area contributed by atoms with Crippen molar-refractivity contribution in [1.29, 1.82) is 0 Å². The van der Waals surface area contributed by atoms with Crippen LogP contribution in [0.5, 0.6) is 0 Å². The lowest BCUT2D eigenvalue weighted by Gasteiger charge is -2.28. The molecule has 1 aliphatic heterocycles. The van der Waals surface area contributed by atoms with Gasteiger partial charge in [0.1, 0.15) is 6.04 Å². The molecule has 0 radical (unpaired) electrons. The topological polar surface area (TPSA) is 69.6 Å². The van der Waals surface area contributed by atoms with Crippen molar-refractivity contribution >= 4 is 12.0 Å². The van der Waals surface area contributed by atoms with E-state index in [1.165, 1.54) is 0 Å². The van der Waals surface area contributed by atoms with E-state index in [-0.39, 0.29) is 18.0 Å². The van der Waals surface area contributed by atoms with Crippen molar-refractivity contribution in [2.45, 2.75) is 58.5 Å². The molecule has 1 saturated heterocycles. The Labute approximate surface area is 120 Å². The number of nitrogens with zero attached hydrogens (tertiary/aromatic N) is 1. The summed E-state index contributed by atoms with van der Waals surface area (Å²) in [6.45, 7) is 6.78. The van der Waals surface area contributed by atoms with Gasteiger partial charge >= 0.3 is 12.0 Å². The normalized spacial score (nSPS) is 30.4. The number of fused-ring (bicyclic) bond motifs is 1. The van der Waals surface area contributed by atoms with Crippen LogP contribution in [-0.4, -0.2) is 40.6 Å². The lowest BCUT2D eigenvalue weighted by atomic mass is 9.94. The summed E-state index contributed by atoms with van der Waals surface area (Å²) >= 11 is 0. The molecule has 114 valence electrons. The summed E-state index contributed by atoms with van der Waals surface area (Å²) in [4.78, 5) is 25.5. The molecule has 2 rings (SSSR count). The average Bonchev–Trinajstić information content (AvgIpc) is 2.93. The minimum absolute atomic E-state index is 0.109. The Kier molecular flexibility index (Phi) is 4.55. The quantitative estimate of drug-likeness (QED) is 0.831. The molecule has 0 aromatic rings. The summed E-state index contributed by atoms with van der Waals surface area (Å²) in [5.41, 5.74) is 0. The van der Waals surface area contributed by atoms with Gasteiger partial charge in [0.05, 0.1) is 0 Å². The van der Waals surface area contributed by atoms with E-state index < -0.39 is 12.0 Å². The van der Waals surface area contributed by atoms with Crippen molar-refractivity contribution < 1.29 is 14.7 Å². The lowest BCUT2D eigenvalue weighted by molar-refractivity contribution is -0.142. The molecule has 5 nitrogen and oxygen atoms in total. The lowest BCUT2D eigenvalue weighted by Crippen LogP contribution is -2.51. The van der Waals surface area contributed by atoms with Gasteiger partial charge in [-0.1, -0.05) is 27.2 Å². The highest BCUT2D eigenvalue weighted by atomic mass is 16.4. The number of nitrogens with one attached hydrogen (secondary N) is 1. The van der Waals surface area contributed by atoms with Crippen molar-refractivity contribution in [2.24, 2.45) is 17.8 Å². The number of carboxylic acids is 1. The molecule has 0 bridgehead atoms. The van der Waals surface area contributed by atoms with Crippen LogP contribution >= 0.6 is 0 Å². The van der Waals surface area contributed by atoms with Crippen molar-refractivity contribution in [1.82, 2.24) is 10.2 Å². The number of likely N-dealkylation sites (tertiary alicyclic amines) is 1. The Morgan fingerprint density at radius 1 is 1.35 bits per heavy atom. The first-order valence-electron chi connectivity index (χ1n) is 7.75. The van der Waals surface area contributed by atoms with Gasteiger partial charge in [-0.05, 0) is 37.0 Å². The molecule has 2 amide bonds. The summed E-state index contributed by atoms with van der Waals surface area (Å²) < 4.78 is 0. The molecule has 0 spiro atoms. The first-order chi connectivity index (χ1) is 9.45. The molecule has 4 unspecified atom stereocenters. The molecular formula is C15H26N2O3. The standard InChI is InChI=1S/C15H26N2O3/c1-4-12(9(2)3)16-15(20)17-8-10-6-5-7-11(10)13(17)14(18)19/h9-13H,4-8H2,1-3H3,(H,16,20)(H,18,19). The molecule has 1 heterocycles. The van der Waals surface area contributed by atoms with E-state index >= 15 is 0 Å². The summed E-state index contributed by atoms with van der Waals surface area (Å²) in [5.74, 6) is 0.0276. The van der Waals surface area contributed by atoms with Gasteiger partial charge in [0.25, 0.3) is 0 Å². The Morgan fingerprint density at radius 2 is 2.05 bits per heavy atom. The van der Waals surface area contributed by atoms with Gasteiger partial charge in [0.15, 0.2) is 0 Å². The number of urea groups is 1. The van der Waals surface area contributed by atoms with Crippen molar-refractivity contribution in [3.8, 4) is 0 Å². The third kappa shape index (κ3) is 2.76. The maximum absolute atomic E-state index is 12.4. The minimum Gasteiger partial charge on any atom is -0.480 e. The van der Waals surface area contributed by atoms with Crippen molar-refractivity contribution in [3.63, 3.8) is 0 Å². The first kappa shape index (κ1) is 15.1. The fraction of sp³-hybridized carbons (Fsp3) is 0.867. The van der Waals surface area contributed by atoms with Gasteiger partial charge in [-0.2, -0.15) is 0 Å². The van der Waals surface area contributed by atoms with Gasteiger partial charge in [-0.25, -0.2) is 9.59 Å². The van der Waals surface area contributed by atoms with Gasteiger partial charge in [0.2, 0.25) is 0 Å². The highest BCUT2D eigenvalue weighted by molar-refractivity contribution is 5.84. The second-order valence-corrected chi connectivity index (χ2v) is 6.50. The number of aliphatic carboxylic acids is 1. The van der Waals surface area contributed by atoms with E-state index in [0.717, 1.165) is 25.7 Å². The molecule has 2 fully saturated rings. The van der Waals surface area contributed by atoms with E-state index in [9.17, 15) is 14.7 Å². The predicted molar refractivity (Wildman–Crippen MR) is 76.4 cm³/mol. The van der Waals surface area contributed by atoms with E-state index in [4.69, 9.17) is 0 Å². The van der Waals surface area contributed by atoms with Crippen LogP contribution in [0.2, 0.25) is 0 Å². The summed E-state index contributed by atoms with van der Waals surface area (Å²) in [6, 6.07) is -0.725. The smallest absolute Gasteiger partial charge is 0.326 e. The Balaban J connectivity index is 2.07. The number of amides is 2. The highest BCUT2D eigenvalue weighted by Crippen LogP contribution is 2.42. The SMILES string of the molecule is CCC(NC(=O)N1CC2CCCC2C1C(=O)O)C(C)C. The van der Waals surface area contributed by atoms with Gasteiger partial charge in [0, 0.05) is 12.6 Å². The third-order valence-electron chi connectivity index (χ3n) is 4.96. The van der Waals surface area contributed by atoms with Crippen LogP contribution in [0.4, 0.5) is 4.79 Å². The molecule has 0 aromatic heterocycles. The highest BCUT2D eigenvalue weighted by Gasteiger charge is 2.49. The van der Waals surface area contributed by atoms with Crippen molar-refractivity contribution in [3.05, 3.63) is 0 Å². The number of rotatable bonds is 4. The van der Waals surface area contributed by atoms with Gasteiger partial charge < -0.3 is 15.3 Å². The van der Waals surface area contributed by atoms with E-state index in [0.29, 0.717) is 18.4 Å². The largest absolute Gasteiger partial charge is 0.480 e. The monoisotopic (exact) mass is 282 g/mol. The Hall–Kier alpha value is -1.26. The number of carbonyl (C=O) groups is 2. The maximum atomic E-state index is 12.4. The van der Waals surface area contributed by atoms with Crippen LogP contribution in [0.3, 0.4) is 0 Å². The fourth-order valence-electron chi connectivity index (χ4n) is 3.81. The van der Waals surface area contributed by atoms with E-state index in [1.54, 1.807) is 4.90 Å². The second-order valence-electron chi connectivity index (χ2n) is 6.50. The van der Waals surface area contributed by atoms with Crippen LogP contribution < -0.4 is 5.32 Å². The summed E-state index contributed by atoms with van der Waals surface area (Å²) in [7, 11) is 0. The zero-order chi connectivity index (χ0) is 14.9. The minimum atomic E-state index is -0.854. The molecule has 0 aromatic carbocycles. The zero-order valence-corrected chi connectivity index (χ0v) is 12.6. The zero-order valence-electron chi connectivity index (χ0n) is 12.6. The number of hydrogen-bond donors (Lipinski definition) is 2. The molecule has 20 heavy (non-hydrogen) atoms. The average molecular weight is 282 g/mol. The molecule has 4 atom stereocenters. The van der Waals surface area contributed by atoms with Crippen LogP contribution in [0.1, 0.15) is 46.5 Å². The van der Waals surface area contributed by atoms with Gasteiger partial charge in [-0.3, -0.25) is 0 Å². The molecule has 1 aliphatic carbocycles. The molecule has 2 aliphatic rings. The van der Waals surface area contributed by atoms with E-state index in [2.05, 4.69) is 19.2 Å². The molecule has 2 N–H and O–H groups in total. The number of hydrogen-bond acceptors (Lipinski definition) is 2. The summed E-state index contributed by atoms with van der Waals surface area (Å²) in [6.07, 6.45) is 3.95. The molecule has 5 heteroatoms.